The smallest absolute Gasteiger partial charge is 0.328 e. The molecule has 1 aromatic carbocycles. The highest BCUT2D eigenvalue weighted by Crippen LogP contribution is 2.28. The van der Waals surface area contributed by atoms with Crippen molar-refractivity contribution < 1.29 is 4.74 Å². The third-order valence-corrected chi connectivity index (χ3v) is 3.91. The van der Waals surface area contributed by atoms with Gasteiger partial charge in [-0.15, -0.1) is 0 Å². The van der Waals surface area contributed by atoms with Gasteiger partial charge in [0.15, 0.2) is 0 Å². The summed E-state index contributed by atoms with van der Waals surface area (Å²) < 4.78 is 6.64. The first-order chi connectivity index (χ1) is 10.3. The molecule has 0 radical (unpaired) electrons. The van der Waals surface area contributed by atoms with Crippen molar-refractivity contribution in [2.24, 2.45) is 0 Å². The van der Waals surface area contributed by atoms with Gasteiger partial charge in [0.1, 0.15) is 5.75 Å². The van der Waals surface area contributed by atoms with Crippen LogP contribution in [0.4, 0.5) is 11.9 Å². The quantitative estimate of drug-likeness (QED) is 0.914. The maximum Gasteiger partial charge on any atom is 0.328 e. The summed E-state index contributed by atoms with van der Waals surface area (Å²) in [7, 11) is 1.78. The molecule has 0 bridgehead atoms. The molecule has 0 saturated carbocycles. The Labute approximate surface area is 131 Å². The number of nitrogens with one attached hydrogen (secondary N) is 1. The van der Waals surface area contributed by atoms with E-state index in [-0.39, 0.29) is 0 Å². The van der Waals surface area contributed by atoms with Crippen molar-refractivity contribution in [2.45, 2.75) is 12.8 Å². The van der Waals surface area contributed by atoms with Gasteiger partial charge in [-0.3, -0.25) is 0 Å². The molecule has 110 valence electrons. The fraction of sp³-hybridized carbons (Fsp3) is 0.357. The number of benzene rings is 1. The minimum atomic E-state index is 0.295. The second kappa shape index (κ2) is 6.26. The standard InChI is InChI=1S/C14H16BrN5O/c1-16-12-17-13(20-8-4-5-9-20)19-14(18-12)21-11-7-3-2-6-10(11)15/h2-3,6-7H,4-5,8-9H2,1H3,(H,16,17,18,19). The van der Waals surface area contributed by atoms with Crippen molar-refractivity contribution >= 4 is 27.8 Å². The Kier molecular flexibility index (Phi) is 4.19. The molecule has 0 atom stereocenters. The number of hydrogen-bond acceptors (Lipinski definition) is 6. The van der Waals surface area contributed by atoms with Crippen LogP contribution in [0, 0.1) is 0 Å². The molecule has 0 amide bonds. The molecule has 1 aliphatic heterocycles. The minimum Gasteiger partial charge on any atom is -0.423 e. The molecule has 2 heterocycles. The third kappa shape index (κ3) is 3.24. The number of aromatic nitrogens is 3. The van der Waals surface area contributed by atoms with Crippen LogP contribution in [0.1, 0.15) is 12.8 Å². The van der Waals surface area contributed by atoms with Crippen LogP contribution < -0.4 is 15.0 Å². The van der Waals surface area contributed by atoms with Gasteiger partial charge >= 0.3 is 6.01 Å². The van der Waals surface area contributed by atoms with Crippen molar-refractivity contribution in [3.05, 3.63) is 28.7 Å². The van der Waals surface area contributed by atoms with Crippen LogP contribution in [-0.2, 0) is 0 Å². The molecule has 21 heavy (non-hydrogen) atoms. The molecule has 0 unspecified atom stereocenters. The summed E-state index contributed by atoms with van der Waals surface area (Å²) in [6.07, 6.45) is 2.34. The highest BCUT2D eigenvalue weighted by molar-refractivity contribution is 9.10. The fourth-order valence-electron chi connectivity index (χ4n) is 2.19. The monoisotopic (exact) mass is 349 g/mol. The van der Waals surface area contributed by atoms with Gasteiger partial charge in [0.2, 0.25) is 11.9 Å². The maximum atomic E-state index is 5.78. The SMILES string of the molecule is CNc1nc(Oc2ccccc2Br)nc(N2CCCC2)n1. The summed E-state index contributed by atoms with van der Waals surface area (Å²) in [5, 5.41) is 2.95. The molecule has 2 aromatic rings. The van der Waals surface area contributed by atoms with Gasteiger partial charge in [-0.25, -0.2) is 0 Å². The Morgan fingerprint density at radius 2 is 1.90 bits per heavy atom. The topological polar surface area (TPSA) is 63.2 Å². The first-order valence-corrected chi connectivity index (χ1v) is 7.67. The van der Waals surface area contributed by atoms with Gasteiger partial charge in [-0.2, -0.15) is 15.0 Å². The van der Waals surface area contributed by atoms with Gasteiger partial charge in [-0.05, 0) is 40.9 Å². The largest absolute Gasteiger partial charge is 0.423 e. The minimum absolute atomic E-state index is 0.295. The van der Waals surface area contributed by atoms with Crippen LogP contribution in [0.15, 0.2) is 28.7 Å². The summed E-state index contributed by atoms with van der Waals surface area (Å²) in [6.45, 7) is 1.95. The van der Waals surface area contributed by atoms with E-state index in [0.29, 0.717) is 23.7 Å². The molecule has 7 heteroatoms. The van der Waals surface area contributed by atoms with Crippen molar-refractivity contribution in [1.82, 2.24) is 15.0 Å². The second-order valence-corrected chi connectivity index (χ2v) is 5.57. The zero-order chi connectivity index (χ0) is 14.7. The molecule has 0 aliphatic carbocycles. The number of halogens is 1. The first kappa shape index (κ1) is 14.1. The van der Waals surface area contributed by atoms with Gasteiger partial charge < -0.3 is 15.0 Å². The molecular weight excluding hydrogens is 334 g/mol. The predicted octanol–water partition coefficient (Wildman–Crippen LogP) is 3.07. The lowest BCUT2D eigenvalue weighted by molar-refractivity contribution is 0.438. The Morgan fingerprint density at radius 3 is 2.62 bits per heavy atom. The Bertz CT molecular complexity index is 631. The molecule has 3 rings (SSSR count). The summed E-state index contributed by atoms with van der Waals surface area (Å²) >= 11 is 3.45. The number of rotatable bonds is 4. The van der Waals surface area contributed by atoms with E-state index in [2.05, 4.69) is 41.1 Å². The molecule has 1 aromatic heterocycles. The summed E-state index contributed by atoms with van der Waals surface area (Å²) in [5.74, 6) is 1.85. The predicted molar refractivity (Wildman–Crippen MR) is 85.0 cm³/mol. The number of hydrogen-bond donors (Lipinski definition) is 1. The van der Waals surface area contributed by atoms with E-state index < -0.39 is 0 Å². The van der Waals surface area contributed by atoms with E-state index >= 15 is 0 Å². The number of anilines is 2. The first-order valence-electron chi connectivity index (χ1n) is 6.87. The lowest BCUT2D eigenvalue weighted by atomic mass is 10.3. The van der Waals surface area contributed by atoms with Crippen molar-refractivity contribution in [3.8, 4) is 11.8 Å². The van der Waals surface area contributed by atoms with E-state index in [0.717, 1.165) is 17.6 Å². The van der Waals surface area contributed by atoms with E-state index in [4.69, 9.17) is 4.74 Å². The van der Waals surface area contributed by atoms with Gasteiger partial charge in [0.25, 0.3) is 0 Å². The zero-order valence-corrected chi connectivity index (χ0v) is 13.3. The van der Waals surface area contributed by atoms with E-state index in [1.807, 2.05) is 24.3 Å². The summed E-state index contributed by atoms with van der Waals surface area (Å²) in [4.78, 5) is 15.2. The number of ether oxygens (including phenoxy) is 1. The summed E-state index contributed by atoms with van der Waals surface area (Å²) in [6, 6.07) is 7.91. The third-order valence-electron chi connectivity index (χ3n) is 3.25. The lowest BCUT2D eigenvalue weighted by Crippen LogP contribution is -2.21. The molecule has 1 N–H and O–H groups in total. The number of para-hydroxylation sites is 1. The van der Waals surface area contributed by atoms with Crippen LogP contribution in [0.2, 0.25) is 0 Å². The van der Waals surface area contributed by atoms with Crippen LogP contribution in [0.25, 0.3) is 0 Å². The number of nitrogens with zero attached hydrogens (tertiary/aromatic N) is 4. The van der Waals surface area contributed by atoms with E-state index in [9.17, 15) is 0 Å². The van der Waals surface area contributed by atoms with Gasteiger partial charge in [-0.1, -0.05) is 12.1 Å². The lowest BCUT2D eigenvalue weighted by Gasteiger charge is -2.16. The van der Waals surface area contributed by atoms with Crippen molar-refractivity contribution in [3.63, 3.8) is 0 Å². The normalized spacial score (nSPS) is 14.3. The van der Waals surface area contributed by atoms with E-state index in [1.54, 1.807) is 7.05 Å². The van der Waals surface area contributed by atoms with E-state index in [1.165, 1.54) is 12.8 Å². The molecule has 0 spiro atoms. The molecular formula is C14H16BrN5O. The highest BCUT2D eigenvalue weighted by atomic mass is 79.9. The Balaban J connectivity index is 1.90. The Morgan fingerprint density at radius 1 is 1.14 bits per heavy atom. The van der Waals surface area contributed by atoms with Gasteiger partial charge in [0, 0.05) is 20.1 Å². The van der Waals surface area contributed by atoms with Crippen LogP contribution in [-0.4, -0.2) is 35.1 Å². The molecule has 1 fully saturated rings. The average Bonchev–Trinajstić information content (AvgIpc) is 3.04. The Hall–Kier alpha value is -1.89. The molecule has 1 saturated heterocycles. The average molecular weight is 350 g/mol. The van der Waals surface area contributed by atoms with Crippen LogP contribution in [0.5, 0.6) is 11.8 Å². The molecule has 6 nitrogen and oxygen atoms in total. The van der Waals surface area contributed by atoms with Crippen molar-refractivity contribution in [1.29, 1.82) is 0 Å². The van der Waals surface area contributed by atoms with Crippen molar-refractivity contribution in [2.75, 3.05) is 30.4 Å². The second-order valence-electron chi connectivity index (χ2n) is 4.72. The van der Waals surface area contributed by atoms with Crippen LogP contribution in [0.3, 0.4) is 0 Å². The fourth-order valence-corrected chi connectivity index (χ4v) is 2.55. The summed E-state index contributed by atoms with van der Waals surface area (Å²) in [5.41, 5.74) is 0. The van der Waals surface area contributed by atoms with Crippen LogP contribution >= 0.6 is 15.9 Å². The van der Waals surface area contributed by atoms with Gasteiger partial charge in [0.05, 0.1) is 4.47 Å². The molecule has 1 aliphatic rings. The zero-order valence-electron chi connectivity index (χ0n) is 11.7. The highest BCUT2D eigenvalue weighted by Gasteiger charge is 2.18. The maximum absolute atomic E-state index is 5.78.